The Kier molecular flexibility index (Phi) is 5.24. The Bertz CT molecular complexity index is 560. The standard InChI is InChI=1S/C18H22BrN/c1-4-5-15-7-9-16(10-8-15)14(3)20-17-11-6-13(2)18(19)12-17/h6-12,14,20H,4-5H2,1-3H3. The molecule has 0 aromatic heterocycles. The van der Waals surface area contributed by atoms with Gasteiger partial charge < -0.3 is 5.32 Å². The second kappa shape index (κ2) is 6.94. The minimum atomic E-state index is 0.306. The van der Waals surface area contributed by atoms with Crippen molar-refractivity contribution in [2.75, 3.05) is 5.32 Å². The third-order valence-corrected chi connectivity index (χ3v) is 4.43. The van der Waals surface area contributed by atoms with Crippen LogP contribution in [0, 0.1) is 6.92 Å². The molecule has 2 heteroatoms. The highest BCUT2D eigenvalue weighted by atomic mass is 79.9. The van der Waals surface area contributed by atoms with Crippen molar-refractivity contribution < 1.29 is 0 Å². The largest absolute Gasteiger partial charge is 0.378 e. The molecule has 1 N–H and O–H groups in total. The fourth-order valence-electron chi connectivity index (χ4n) is 2.28. The van der Waals surface area contributed by atoms with Crippen molar-refractivity contribution in [3.8, 4) is 0 Å². The number of benzene rings is 2. The summed E-state index contributed by atoms with van der Waals surface area (Å²) >= 11 is 3.58. The average Bonchev–Trinajstić information content (AvgIpc) is 2.44. The molecule has 2 aromatic carbocycles. The molecule has 0 saturated heterocycles. The van der Waals surface area contributed by atoms with Gasteiger partial charge in [0, 0.05) is 16.2 Å². The quantitative estimate of drug-likeness (QED) is 0.720. The minimum Gasteiger partial charge on any atom is -0.378 e. The van der Waals surface area contributed by atoms with Gasteiger partial charge in [0.05, 0.1) is 0 Å². The van der Waals surface area contributed by atoms with Gasteiger partial charge >= 0.3 is 0 Å². The van der Waals surface area contributed by atoms with Crippen molar-refractivity contribution in [2.45, 2.75) is 39.7 Å². The summed E-state index contributed by atoms with van der Waals surface area (Å²) in [5, 5.41) is 3.55. The predicted octanol–water partition coefficient (Wildman–Crippen LogP) is 5.88. The Morgan fingerprint density at radius 3 is 2.40 bits per heavy atom. The van der Waals surface area contributed by atoms with Crippen molar-refractivity contribution in [1.29, 1.82) is 0 Å². The Morgan fingerprint density at radius 2 is 1.80 bits per heavy atom. The molecule has 2 aromatic rings. The molecule has 1 nitrogen and oxygen atoms in total. The number of hydrogen-bond acceptors (Lipinski definition) is 1. The normalized spacial score (nSPS) is 12.2. The van der Waals surface area contributed by atoms with Crippen LogP contribution >= 0.6 is 15.9 Å². The van der Waals surface area contributed by atoms with Gasteiger partial charge in [-0.3, -0.25) is 0 Å². The van der Waals surface area contributed by atoms with Crippen molar-refractivity contribution in [2.24, 2.45) is 0 Å². The fourth-order valence-corrected chi connectivity index (χ4v) is 2.66. The molecule has 20 heavy (non-hydrogen) atoms. The molecule has 2 rings (SSSR count). The van der Waals surface area contributed by atoms with Gasteiger partial charge in [0.15, 0.2) is 0 Å². The number of halogens is 1. The summed E-state index contributed by atoms with van der Waals surface area (Å²) in [6.07, 6.45) is 2.36. The molecule has 106 valence electrons. The molecule has 0 saturated carbocycles. The molecule has 0 aliphatic rings. The lowest BCUT2D eigenvalue weighted by atomic mass is 10.0. The van der Waals surface area contributed by atoms with Crippen LogP contribution in [0.25, 0.3) is 0 Å². The molecule has 0 aliphatic carbocycles. The first-order valence-corrected chi connectivity index (χ1v) is 8.01. The molecule has 0 spiro atoms. The number of aryl methyl sites for hydroxylation is 2. The molecular weight excluding hydrogens is 310 g/mol. The third-order valence-electron chi connectivity index (χ3n) is 3.57. The lowest BCUT2D eigenvalue weighted by Crippen LogP contribution is -2.06. The van der Waals surface area contributed by atoms with Crippen LogP contribution in [0.5, 0.6) is 0 Å². The first-order valence-electron chi connectivity index (χ1n) is 7.21. The van der Waals surface area contributed by atoms with Crippen LogP contribution in [0.4, 0.5) is 5.69 Å². The van der Waals surface area contributed by atoms with E-state index in [4.69, 9.17) is 0 Å². The van der Waals surface area contributed by atoms with Crippen molar-refractivity contribution >= 4 is 21.6 Å². The van der Waals surface area contributed by atoms with Gasteiger partial charge in [-0.15, -0.1) is 0 Å². The molecular formula is C18H22BrN. The van der Waals surface area contributed by atoms with Crippen molar-refractivity contribution in [3.63, 3.8) is 0 Å². The Labute approximate surface area is 130 Å². The number of anilines is 1. The second-order valence-corrected chi connectivity index (χ2v) is 6.18. The highest BCUT2D eigenvalue weighted by molar-refractivity contribution is 9.10. The van der Waals surface area contributed by atoms with Crippen LogP contribution in [0.2, 0.25) is 0 Å². The smallest absolute Gasteiger partial charge is 0.0485 e. The number of nitrogens with one attached hydrogen (secondary N) is 1. The topological polar surface area (TPSA) is 12.0 Å². The van der Waals surface area contributed by atoms with Gasteiger partial charge in [0.1, 0.15) is 0 Å². The third kappa shape index (κ3) is 3.86. The first-order chi connectivity index (χ1) is 9.60. The van der Waals surface area contributed by atoms with Gasteiger partial charge in [0.25, 0.3) is 0 Å². The SMILES string of the molecule is CCCc1ccc(C(C)Nc2ccc(C)c(Br)c2)cc1. The molecule has 0 bridgehead atoms. The summed E-state index contributed by atoms with van der Waals surface area (Å²) in [5.41, 5.74) is 5.14. The maximum absolute atomic E-state index is 3.58. The van der Waals surface area contributed by atoms with E-state index in [0.29, 0.717) is 6.04 Å². The van der Waals surface area contributed by atoms with Gasteiger partial charge in [-0.2, -0.15) is 0 Å². The maximum atomic E-state index is 3.58. The zero-order chi connectivity index (χ0) is 14.5. The molecule has 0 radical (unpaired) electrons. The second-order valence-electron chi connectivity index (χ2n) is 5.32. The maximum Gasteiger partial charge on any atom is 0.0485 e. The fraction of sp³-hybridized carbons (Fsp3) is 0.333. The van der Waals surface area contributed by atoms with E-state index in [9.17, 15) is 0 Å². The summed E-state index contributed by atoms with van der Waals surface area (Å²) < 4.78 is 1.15. The highest BCUT2D eigenvalue weighted by Crippen LogP contribution is 2.24. The van der Waals surface area contributed by atoms with Crippen LogP contribution in [0.1, 0.15) is 43.0 Å². The summed E-state index contributed by atoms with van der Waals surface area (Å²) in [4.78, 5) is 0. The lowest BCUT2D eigenvalue weighted by molar-refractivity contribution is 0.876. The number of rotatable bonds is 5. The zero-order valence-electron chi connectivity index (χ0n) is 12.4. The Morgan fingerprint density at radius 1 is 1.10 bits per heavy atom. The van der Waals surface area contributed by atoms with Crippen molar-refractivity contribution in [3.05, 3.63) is 63.6 Å². The number of hydrogen-bond donors (Lipinski definition) is 1. The summed E-state index contributed by atoms with van der Waals surface area (Å²) in [7, 11) is 0. The molecule has 0 heterocycles. The zero-order valence-corrected chi connectivity index (χ0v) is 14.0. The van der Waals surface area contributed by atoms with Gasteiger partial charge in [-0.05, 0) is 49.1 Å². The summed E-state index contributed by atoms with van der Waals surface area (Å²) in [5.74, 6) is 0. The molecule has 1 unspecified atom stereocenters. The van der Waals surface area contributed by atoms with E-state index in [2.05, 4.69) is 84.5 Å². The summed E-state index contributed by atoms with van der Waals surface area (Å²) in [6.45, 7) is 6.51. The van der Waals surface area contributed by atoms with E-state index in [1.54, 1.807) is 0 Å². The molecule has 0 fully saturated rings. The Balaban J connectivity index is 2.06. The predicted molar refractivity (Wildman–Crippen MR) is 91.4 cm³/mol. The monoisotopic (exact) mass is 331 g/mol. The Hall–Kier alpha value is -1.28. The van der Waals surface area contributed by atoms with E-state index >= 15 is 0 Å². The van der Waals surface area contributed by atoms with Gasteiger partial charge in [-0.25, -0.2) is 0 Å². The molecule has 1 atom stereocenters. The van der Waals surface area contributed by atoms with Crippen LogP contribution in [-0.2, 0) is 6.42 Å². The summed E-state index contributed by atoms with van der Waals surface area (Å²) in [6, 6.07) is 15.6. The molecule has 0 amide bonds. The van der Waals surface area contributed by atoms with E-state index < -0.39 is 0 Å². The van der Waals surface area contributed by atoms with Crippen LogP contribution < -0.4 is 5.32 Å². The average molecular weight is 332 g/mol. The van der Waals surface area contributed by atoms with Gasteiger partial charge in [0.2, 0.25) is 0 Å². The van der Waals surface area contributed by atoms with Gasteiger partial charge in [-0.1, -0.05) is 59.6 Å². The van der Waals surface area contributed by atoms with E-state index in [1.165, 1.54) is 23.1 Å². The minimum absolute atomic E-state index is 0.306. The van der Waals surface area contributed by atoms with Crippen molar-refractivity contribution in [1.82, 2.24) is 0 Å². The van der Waals surface area contributed by atoms with E-state index in [0.717, 1.165) is 16.6 Å². The first kappa shape index (κ1) is 15.1. The van der Waals surface area contributed by atoms with Crippen LogP contribution in [0.3, 0.4) is 0 Å². The van der Waals surface area contributed by atoms with E-state index in [-0.39, 0.29) is 0 Å². The highest BCUT2D eigenvalue weighted by Gasteiger charge is 2.06. The van der Waals surface area contributed by atoms with Crippen LogP contribution in [-0.4, -0.2) is 0 Å². The van der Waals surface area contributed by atoms with E-state index in [1.807, 2.05) is 0 Å². The molecule has 0 aliphatic heterocycles. The lowest BCUT2D eigenvalue weighted by Gasteiger charge is -2.17. The van der Waals surface area contributed by atoms with Crippen LogP contribution in [0.15, 0.2) is 46.9 Å².